The van der Waals surface area contributed by atoms with Gasteiger partial charge in [-0.2, -0.15) is 4.98 Å². The molecule has 2 N–H and O–H groups in total. The summed E-state index contributed by atoms with van der Waals surface area (Å²) in [4.78, 5) is 8.30. The van der Waals surface area contributed by atoms with Gasteiger partial charge < -0.3 is 24.6 Å². The molecule has 0 aliphatic rings. The standard InChI is InChI=1S/C16H23N5O3.HI/c1-11-20-15(21-24-11)10-19-16(17-2)18-8-7-12-5-6-13(22-3)14(9-12)23-4;/h5-6,9H,7-8,10H2,1-4H3,(H2,17,18,19);1H. The molecule has 0 unspecified atom stereocenters. The Kier molecular flexibility index (Phi) is 9.03. The van der Waals surface area contributed by atoms with Crippen LogP contribution < -0.4 is 20.1 Å². The van der Waals surface area contributed by atoms with Crippen molar-refractivity contribution in [2.24, 2.45) is 4.99 Å². The zero-order valence-corrected chi connectivity index (χ0v) is 17.2. The summed E-state index contributed by atoms with van der Waals surface area (Å²) in [5.74, 6) is 3.27. The first-order valence-electron chi connectivity index (χ1n) is 7.61. The molecule has 1 heterocycles. The number of nitrogens with one attached hydrogen (secondary N) is 2. The van der Waals surface area contributed by atoms with E-state index in [2.05, 4.69) is 25.8 Å². The second-order valence-corrected chi connectivity index (χ2v) is 5.02. The van der Waals surface area contributed by atoms with Crippen molar-refractivity contribution in [1.29, 1.82) is 0 Å². The van der Waals surface area contributed by atoms with Crippen molar-refractivity contribution in [1.82, 2.24) is 20.8 Å². The van der Waals surface area contributed by atoms with E-state index < -0.39 is 0 Å². The fourth-order valence-corrected chi connectivity index (χ4v) is 2.16. The van der Waals surface area contributed by atoms with Crippen LogP contribution in [0.1, 0.15) is 17.3 Å². The molecule has 1 aromatic heterocycles. The number of ether oxygens (including phenoxy) is 2. The van der Waals surface area contributed by atoms with Crippen molar-refractivity contribution in [3.05, 3.63) is 35.5 Å². The Morgan fingerprint density at radius 2 is 1.96 bits per heavy atom. The predicted molar refractivity (Wildman–Crippen MR) is 106 cm³/mol. The third kappa shape index (κ3) is 6.40. The maximum Gasteiger partial charge on any atom is 0.223 e. The Morgan fingerprint density at radius 1 is 1.20 bits per heavy atom. The van der Waals surface area contributed by atoms with Gasteiger partial charge in [0.25, 0.3) is 0 Å². The van der Waals surface area contributed by atoms with Gasteiger partial charge in [-0.25, -0.2) is 0 Å². The molecule has 2 rings (SSSR count). The fraction of sp³-hybridized carbons (Fsp3) is 0.438. The van der Waals surface area contributed by atoms with Crippen molar-refractivity contribution in [3.8, 4) is 11.5 Å². The molecule has 0 aliphatic heterocycles. The zero-order chi connectivity index (χ0) is 17.4. The van der Waals surface area contributed by atoms with Crippen LogP contribution in [-0.4, -0.2) is 43.9 Å². The van der Waals surface area contributed by atoms with Gasteiger partial charge in [-0.15, -0.1) is 24.0 Å². The number of benzene rings is 1. The molecule has 0 radical (unpaired) electrons. The third-order valence-corrected chi connectivity index (χ3v) is 3.36. The molecule has 0 aliphatic carbocycles. The van der Waals surface area contributed by atoms with Gasteiger partial charge in [0.05, 0.1) is 20.8 Å². The molecular formula is C16H24IN5O3. The van der Waals surface area contributed by atoms with Crippen LogP contribution in [0.3, 0.4) is 0 Å². The van der Waals surface area contributed by atoms with Crippen molar-refractivity contribution in [2.45, 2.75) is 19.9 Å². The smallest absolute Gasteiger partial charge is 0.223 e. The second-order valence-electron chi connectivity index (χ2n) is 5.02. The topological polar surface area (TPSA) is 93.8 Å². The molecule has 25 heavy (non-hydrogen) atoms. The summed E-state index contributed by atoms with van der Waals surface area (Å²) in [7, 11) is 4.97. The maximum atomic E-state index is 5.31. The second kappa shape index (κ2) is 10.7. The molecule has 8 nitrogen and oxygen atoms in total. The van der Waals surface area contributed by atoms with E-state index in [0.29, 0.717) is 24.2 Å². The van der Waals surface area contributed by atoms with Gasteiger partial charge in [0.1, 0.15) is 0 Å². The van der Waals surface area contributed by atoms with Gasteiger partial charge in [0, 0.05) is 20.5 Å². The van der Waals surface area contributed by atoms with E-state index in [-0.39, 0.29) is 24.0 Å². The minimum absolute atomic E-state index is 0. The summed E-state index contributed by atoms with van der Waals surface area (Å²) in [5.41, 5.74) is 1.14. The van der Waals surface area contributed by atoms with Crippen LogP contribution in [-0.2, 0) is 13.0 Å². The molecule has 0 amide bonds. The number of aliphatic imine (C=N–C) groups is 1. The highest BCUT2D eigenvalue weighted by molar-refractivity contribution is 14.0. The maximum absolute atomic E-state index is 5.31. The monoisotopic (exact) mass is 461 g/mol. The number of aryl methyl sites for hydroxylation is 1. The van der Waals surface area contributed by atoms with Crippen LogP contribution in [0.15, 0.2) is 27.7 Å². The molecule has 2 aromatic rings. The van der Waals surface area contributed by atoms with Crippen LogP contribution in [0, 0.1) is 6.92 Å². The normalized spacial score (nSPS) is 10.8. The van der Waals surface area contributed by atoms with Gasteiger partial charge in [-0.3, -0.25) is 4.99 Å². The summed E-state index contributed by atoms with van der Waals surface area (Å²) in [5, 5.41) is 10.2. The number of halogens is 1. The minimum Gasteiger partial charge on any atom is -0.493 e. The summed E-state index contributed by atoms with van der Waals surface area (Å²) < 4.78 is 15.5. The van der Waals surface area contributed by atoms with Crippen LogP contribution in [0.5, 0.6) is 11.5 Å². The predicted octanol–water partition coefficient (Wildman–Crippen LogP) is 1.92. The van der Waals surface area contributed by atoms with Gasteiger partial charge in [0.15, 0.2) is 23.3 Å². The number of nitrogens with zero attached hydrogens (tertiary/aromatic N) is 3. The summed E-state index contributed by atoms with van der Waals surface area (Å²) in [6.45, 7) is 2.93. The number of rotatable bonds is 7. The first kappa shape index (κ1) is 21.0. The molecule has 0 spiro atoms. The SMILES string of the molecule is CN=C(NCCc1ccc(OC)c(OC)c1)NCc1noc(C)n1.I. The van der Waals surface area contributed by atoms with Crippen molar-refractivity contribution >= 4 is 29.9 Å². The van der Waals surface area contributed by atoms with Gasteiger partial charge in [-0.1, -0.05) is 11.2 Å². The molecule has 0 bridgehead atoms. The van der Waals surface area contributed by atoms with E-state index in [4.69, 9.17) is 14.0 Å². The van der Waals surface area contributed by atoms with Gasteiger partial charge in [0.2, 0.25) is 5.89 Å². The summed E-state index contributed by atoms with van der Waals surface area (Å²) in [6, 6.07) is 5.89. The largest absolute Gasteiger partial charge is 0.493 e. The Balaban J connectivity index is 0.00000312. The third-order valence-electron chi connectivity index (χ3n) is 3.36. The molecule has 0 saturated carbocycles. The molecule has 0 atom stereocenters. The van der Waals surface area contributed by atoms with E-state index in [1.165, 1.54) is 0 Å². The van der Waals surface area contributed by atoms with Gasteiger partial charge >= 0.3 is 0 Å². The average molecular weight is 461 g/mol. The lowest BCUT2D eigenvalue weighted by Gasteiger charge is -2.12. The number of guanidine groups is 1. The Bertz CT molecular complexity index is 690. The van der Waals surface area contributed by atoms with Crippen LogP contribution >= 0.6 is 24.0 Å². The Labute approximate surface area is 164 Å². The first-order valence-corrected chi connectivity index (χ1v) is 7.61. The lowest BCUT2D eigenvalue weighted by Crippen LogP contribution is -2.38. The average Bonchev–Trinajstić information content (AvgIpc) is 3.03. The number of hydrogen-bond acceptors (Lipinski definition) is 6. The van der Waals surface area contributed by atoms with Crippen LogP contribution in [0.25, 0.3) is 0 Å². The summed E-state index contributed by atoms with van der Waals surface area (Å²) in [6.07, 6.45) is 0.822. The molecular weight excluding hydrogens is 437 g/mol. The number of hydrogen-bond donors (Lipinski definition) is 2. The van der Waals surface area contributed by atoms with E-state index in [1.807, 2.05) is 18.2 Å². The molecule has 0 fully saturated rings. The first-order chi connectivity index (χ1) is 11.7. The highest BCUT2D eigenvalue weighted by atomic mass is 127. The van der Waals surface area contributed by atoms with E-state index in [1.54, 1.807) is 28.2 Å². The quantitative estimate of drug-likeness (QED) is 0.370. The zero-order valence-electron chi connectivity index (χ0n) is 14.8. The highest BCUT2D eigenvalue weighted by Gasteiger charge is 2.06. The number of aromatic nitrogens is 2. The van der Waals surface area contributed by atoms with Crippen molar-refractivity contribution < 1.29 is 14.0 Å². The molecule has 1 aromatic carbocycles. The Hall–Kier alpha value is -2.04. The Morgan fingerprint density at radius 3 is 2.56 bits per heavy atom. The molecule has 138 valence electrons. The summed E-state index contributed by atoms with van der Waals surface area (Å²) >= 11 is 0. The molecule has 9 heteroatoms. The fourth-order valence-electron chi connectivity index (χ4n) is 2.16. The highest BCUT2D eigenvalue weighted by Crippen LogP contribution is 2.27. The minimum atomic E-state index is 0. The molecule has 0 saturated heterocycles. The lowest BCUT2D eigenvalue weighted by molar-refractivity contribution is 0.354. The van der Waals surface area contributed by atoms with E-state index in [0.717, 1.165) is 30.0 Å². The number of methoxy groups -OCH3 is 2. The van der Waals surface area contributed by atoms with E-state index >= 15 is 0 Å². The van der Waals surface area contributed by atoms with Gasteiger partial charge in [-0.05, 0) is 24.1 Å². The van der Waals surface area contributed by atoms with Crippen molar-refractivity contribution in [2.75, 3.05) is 27.8 Å². The van der Waals surface area contributed by atoms with Crippen LogP contribution in [0.4, 0.5) is 0 Å². The van der Waals surface area contributed by atoms with E-state index in [9.17, 15) is 0 Å². The van der Waals surface area contributed by atoms with Crippen molar-refractivity contribution in [3.63, 3.8) is 0 Å². The lowest BCUT2D eigenvalue weighted by atomic mass is 10.1. The van der Waals surface area contributed by atoms with Crippen LogP contribution in [0.2, 0.25) is 0 Å².